The fourth-order valence-electron chi connectivity index (χ4n) is 1.77. The van der Waals surface area contributed by atoms with E-state index in [9.17, 15) is 0 Å². The van der Waals surface area contributed by atoms with Crippen LogP contribution in [0.2, 0.25) is 10.0 Å². The van der Waals surface area contributed by atoms with Gasteiger partial charge in [0.1, 0.15) is 0 Å². The average Bonchev–Trinajstić information content (AvgIpc) is 2.34. The number of nitriles is 1. The maximum Gasteiger partial charge on any atom is 0.161 e. The van der Waals surface area contributed by atoms with E-state index in [0.29, 0.717) is 35.4 Å². The molecule has 1 aliphatic rings. The van der Waals surface area contributed by atoms with Gasteiger partial charge in [-0.2, -0.15) is 5.26 Å². The minimum atomic E-state index is -0.433. The molecule has 4 nitrogen and oxygen atoms in total. The van der Waals surface area contributed by atoms with Crippen molar-refractivity contribution in [2.75, 3.05) is 30.3 Å². The topological polar surface area (TPSA) is 62.3 Å². The van der Waals surface area contributed by atoms with E-state index in [0.717, 1.165) is 5.69 Å². The SMILES string of the molecule is N#CC1CN(c2cc(Cl)c(Cl)cc2N)CCO1. The highest BCUT2D eigenvalue weighted by Gasteiger charge is 2.22. The Labute approximate surface area is 109 Å². The lowest BCUT2D eigenvalue weighted by atomic mass is 10.2. The molecule has 1 aromatic carbocycles. The van der Waals surface area contributed by atoms with E-state index >= 15 is 0 Å². The monoisotopic (exact) mass is 271 g/mol. The number of anilines is 2. The average molecular weight is 272 g/mol. The third-order valence-electron chi connectivity index (χ3n) is 2.62. The predicted octanol–water partition coefficient (Wildman–Crippen LogP) is 2.30. The molecular formula is C11H11Cl2N3O. The van der Waals surface area contributed by atoms with Gasteiger partial charge in [0.15, 0.2) is 6.10 Å². The lowest BCUT2D eigenvalue weighted by Gasteiger charge is -2.32. The van der Waals surface area contributed by atoms with Crippen LogP contribution >= 0.6 is 23.2 Å². The van der Waals surface area contributed by atoms with Crippen LogP contribution in [-0.4, -0.2) is 25.8 Å². The van der Waals surface area contributed by atoms with E-state index < -0.39 is 6.10 Å². The van der Waals surface area contributed by atoms with E-state index in [-0.39, 0.29) is 0 Å². The molecular weight excluding hydrogens is 261 g/mol. The molecule has 17 heavy (non-hydrogen) atoms. The standard InChI is InChI=1S/C11H11Cl2N3O/c12-8-3-10(15)11(4-9(8)13)16-1-2-17-7(5-14)6-16/h3-4,7H,1-2,6,15H2. The molecule has 1 atom stereocenters. The molecule has 0 aliphatic carbocycles. The maximum absolute atomic E-state index is 8.84. The third-order valence-corrected chi connectivity index (χ3v) is 3.34. The Balaban J connectivity index is 2.28. The normalized spacial score (nSPS) is 20.1. The summed E-state index contributed by atoms with van der Waals surface area (Å²) in [5.74, 6) is 0. The molecule has 1 saturated heterocycles. The molecule has 0 amide bonds. The number of nitrogen functional groups attached to an aromatic ring is 1. The largest absolute Gasteiger partial charge is 0.397 e. The van der Waals surface area contributed by atoms with Crippen LogP contribution in [0.1, 0.15) is 0 Å². The van der Waals surface area contributed by atoms with Crippen LogP contribution in [0.3, 0.4) is 0 Å². The summed E-state index contributed by atoms with van der Waals surface area (Å²) in [6.07, 6.45) is -0.433. The first-order chi connectivity index (χ1) is 8.11. The highest BCUT2D eigenvalue weighted by atomic mass is 35.5. The van der Waals surface area contributed by atoms with Crippen LogP contribution in [0.5, 0.6) is 0 Å². The van der Waals surface area contributed by atoms with Crippen LogP contribution in [0.4, 0.5) is 11.4 Å². The number of rotatable bonds is 1. The minimum absolute atomic E-state index is 0.429. The zero-order valence-corrected chi connectivity index (χ0v) is 10.5. The maximum atomic E-state index is 8.84. The second kappa shape index (κ2) is 5.01. The number of hydrogen-bond donors (Lipinski definition) is 1. The number of halogens is 2. The van der Waals surface area contributed by atoms with Gasteiger partial charge in [0.25, 0.3) is 0 Å². The lowest BCUT2D eigenvalue weighted by molar-refractivity contribution is 0.0765. The smallest absolute Gasteiger partial charge is 0.161 e. The molecule has 0 saturated carbocycles. The van der Waals surface area contributed by atoms with Crippen molar-refractivity contribution in [3.63, 3.8) is 0 Å². The van der Waals surface area contributed by atoms with Crippen molar-refractivity contribution >= 4 is 34.6 Å². The van der Waals surface area contributed by atoms with Crippen molar-refractivity contribution in [2.24, 2.45) is 0 Å². The Morgan fingerprint density at radius 1 is 1.41 bits per heavy atom. The van der Waals surface area contributed by atoms with E-state index in [2.05, 4.69) is 6.07 Å². The van der Waals surface area contributed by atoms with Crippen molar-refractivity contribution in [3.05, 3.63) is 22.2 Å². The summed E-state index contributed by atoms with van der Waals surface area (Å²) in [4.78, 5) is 1.98. The van der Waals surface area contributed by atoms with Crippen molar-refractivity contribution in [1.29, 1.82) is 5.26 Å². The van der Waals surface area contributed by atoms with Gasteiger partial charge in [0, 0.05) is 6.54 Å². The van der Waals surface area contributed by atoms with Gasteiger partial charge in [0.05, 0.1) is 40.6 Å². The molecule has 1 aliphatic heterocycles. The molecule has 0 aromatic heterocycles. The fraction of sp³-hybridized carbons (Fsp3) is 0.364. The Bertz CT molecular complexity index is 473. The second-order valence-electron chi connectivity index (χ2n) is 3.76. The predicted molar refractivity (Wildman–Crippen MR) is 68.4 cm³/mol. The molecule has 1 heterocycles. The number of nitrogens with two attached hydrogens (primary N) is 1. The molecule has 1 fully saturated rings. The molecule has 0 radical (unpaired) electrons. The van der Waals surface area contributed by atoms with E-state index in [4.69, 9.17) is 38.9 Å². The van der Waals surface area contributed by atoms with Gasteiger partial charge >= 0.3 is 0 Å². The first kappa shape index (κ1) is 12.3. The van der Waals surface area contributed by atoms with Crippen LogP contribution in [-0.2, 0) is 4.74 Å². The summed E-state index contributed by atoms with van der Waals surface area (Å²) in [5.41, 5.74) is 7.25. The number of ether oxygens (including phenoxy) is 1. The number of nitrogens with zero attached hydrogens (tertiary/aromatic N) is 2. The number of morpholine rings is 1. The quantitative estimate of drug-likeness (QED) is 0.797. The Morgan fingerprint density at radius 2 is 2.12 bits per heavy atom. The van der Waals surface area contributed by atoms with Gasteiger partial charge in [0.2, 0.25) is 0 Å². The van der Waals surface area contributed by atoms with E-state index in [1.807, 2.05) is 4.90 Å². The third kappa shape index (κ3) is 2.58. The molecule has 0 bridgehead atoms. The number of benzene rings is 1. The molecule has 90 valence electrons. The van der Waals surface area contributed by atoms with Gasteiger partial charge in [-0.1, -0.05) is 23.2 Å². The summed E-state index contributed by atoms with van der Waals surface area (Å²) in [6, 6.07) is 5.43. The Hall–Kier alpha value is -1.15. The Morgan fingerprint density at radius 3 is 2.82 bits per heavy atom. The van der Waals surface area contributed by atoms with Crippen LogP contribution in [0, 0.1) is 11.3 Å². The van der Waals surface area contributed by atoms with Crippen LogP contribution in [0.25, 0.3) is 0 Å². The summed E-state index contributed by atoms with van der Waals surface area (Å²) in [7, 11) is 0. The minimum Gasteiger partial charge on any atom is -0.397 e. The van der Waals surface area contributed by atoms with Crippen LogP contribution in [0.15, 0.2) is 12.1 Å². The summed E-state index contributed by atoms with van der Waals surface area (Å²) in [5, 5.41) is 9.73. The molecule has 6 heteroatoms. The Kier molecular flexibility index (Phi) is 3.63. The lowest BCUT2D eigenvalue weighted by Crippen LogP contribution is -2.42. The second-order valence-corrected chi connectivity index (χ2v) is 4.57. The zero-order chi connectivity index (χ0) is 12.4. The van der Waals surface area contributed by atoms with E-state index in [1.54, 1.807) is 12.1 Å². The molecule has 2 rings (SSSR count). The van der Waals surface area contributed by atoms with Gasteiger partial charge in [-0.25, -0.2) is 0 Å². The number of hydrogen-bond acceptors (Lipinski definition) is 4. The van der Waals surface area contributed by atoms with Gasteiger partial charge in [-0.15, -0.1) is 0 Å². The molecule has 1 aromatic rings. The van der Waals surface area contributed by atoms with Gasteiger partial charge in [-0.3, -0.25) is 0 Å². The van der Waals surface area contributed by atoms with Crippen molar-refractivity contribution in [1.82, 2.24) is 0 Å². The summed E-state index contributed by atoms with van der Waals surface area (Å²) in [6.45, 7) is 1.66. The first-order valence-corrected chi connectivity index (χ1v) is 5.88. The van der Waals surface area contributed by atoms with Gasteiger partial charge < -0.3 is 15.4 Å². The highest BCUT2D eigenvalue weighted by molar-refractivity contribution is 6.42. The molecule has 0 spiro atoms. The van der Waals surface area contributed by atoms with Crippen molar-refractivity contribution in [2.45, 2.75) is 6.10 Å². The molecule has 2 N–H and O–H groups in total. The molecule has 1 unspecified atom stereocenters. The van der Waals surface area contributed by atoms with Crippen molar-refractivity contribution < 1.29 is 4.74 Å². The summed E-state index contributed by atoms with van der Waals surface area (Å²) >= 11 is 11.8. The fourth-order valence-corrected chi connectivity index (χ4v) is 2.10. The highest BCUT2D eigenvalue weighted by Crippen LogP contribution is 2.33. The van der Waals surface area contributed by atoms with Gasteiger partial charge in [-0.05, 0) is 12.1 Å². The first-order valence-electron chi connectivity index (χ1n) is 5.12. The van der Waals surface area contributed by atoms with Crippen molar-refractivity contribution in [3.8, 4) is 6.07 Å². The van der Waals surface area contributed by atoms with E-state index in [1.165, 1.54) is 0 Å². The van der Waals surface area contributed by atoms with Crippen LogP contribution < -0.4 is 10.6 Å². The zero-order valence-electron chi connectivity index (χ0n) is 8.99. The summed E-state index contributed by atoms with van der Waals surface area (Å²) < 4.78 is 5.27.